The fourth-order valence-electron chi connectivity index (χ4n) is 0.975. The van der Waals surface area contributed by atoms with Crippen LogP contribution >= 0.6 is 40.8 Å². The van der Waals surface area contributed by atoms with Crippen LogP contribution in [0.4, 0.5) is 0 Å². The zero-order valence-corrected chi connectivity index (χ0v) is 12.6. The maximum atomic E-state index is 4.92. The summed E-state index contributed by atoms with van der Waals surface area (Å²) < 4.78 is 4.28. The molecule has 15 heavy (non-hydrogen) atoms. The van der Waals surface area contributed by atoms with E-state index in [0.29, 0.717) is 0 Å². The van der Waals surface area contributed by atoms with Crippen LogP contribution in [0.15, 0.2) is 18.7 Å². The van der Waals surface area contributed by atoms with Gasteiger partial charge in [-0.1, -0.05) is 13.3 Å². The molecule has 0 aliphatic rings. The molecule has 2 nitrogen and oxygen atoms in total. The Kier molecular flexibility index (Phi) is 8.49. The quantitative estimate of drug-likeness (QED) is 0.584. The second-order valence-corrected chi connectivity index (χ2v) is 12.7. The van der Waals surface area contributed by atoms with E-state index in [9.17, 15) is 0 Å². The van der Waals surface area contributed by atoms with Gasteiger partial charge in [0.1, 0.15) is 12.4 Å². The Morgan fingerprint density at radius 3 is 2.13 bits per heavy atom. The van der Waals surface area contributed by atoms with Crippen molar-refractivity contribution in [2.75, 3.05) is 0 Å². The van der Waals surface area contributed by atoms with Gasteiger partial charge in [-0.2, -0.15) is 0 Å². The number of halogens is 4. The van der Waals surface area contributed by atoms with E-state index in [4.69, 9.17) is 40.8 Å². The Morgan fingerprint density at radius 2 is 1.80 bits per heavy atom. The van der Waals surface area contributed by atoms with E-state index in [-0.39, 0.29) is 0 Å². The number of hydrogen-bond donors (Lipinski definition) is 0. The zero-order valence-electron chi connectivity index (χ0n) is 8.58. The fourth-order valence-corrected chi connectivity index (χ4v) is 0.975. The van der Waals surface area contributed by atoms with Gasteiger partial charge in [0, 0.05) is 0 Å². The SMILES string of the molecule is CCCC[n+]1ccn(C)c1.[Cl][Ni]([Cl])([Cl])[Cl]. The first-order valence-electron chi connectivity index (χ1n) is 4.31. The van der Waals surface area contributed by atoms with Crippen LogP contribution in [-0.4, -0.2) is 4.57 Å². The molecule has 0 aromatic carbocycles. The number of rotatable bonds is 3. The van der Waals surface area contributed by atoms with Gasteiger partial charge in [0.15, 0.2) is 0 Å². The molecule has 0 amide bonds. The molecule has 1 aromatic heterocycles. The van der Waals surface area contributed by atoms with Crippen molar-refractivity contribution < 1.29 is 13.4 Å². The van der Waals surface area contributed by atoms with E-state index >= 15 is 0 Å². The fraction of sp³-hybridized carbons (Fsp3) is 0.625. The zero-order chi connectivity index (χ0) is 11.9. The summed E-state index contributed by atoms with van der Waals surface area (Å²) in [7, 11) is 19.4. The Balaban J connectivity index is 0.000000336. The van der Waals surface area contributed by atoms with E-state index in [2.05, 4.69) is 34.8 Å². The summed E-state index contributed by atoms with van der Waals surface area (Å²) in [6.07, 6.45) is 8.82. The molecule has 0 spiro atoms. The molecule has 0 fully saturated rings. The van der Waals surface area contributed by atoms with Gasteiger partial charge in [0.05, 0.1) is 13.6 Å². The summed E-state index contributed by atoms with van der Waals surface area (Å²) in [6, 6.07) is 0. The van der Waals surface area contributed by atoms with Gasteiger partial charge in [-0.05, 0) is 6.42 Å². The normalized spacial score (nSPS) is 11.9. The van der Waals surface area contributed by atoms with Gasteiger partial charge >= 0.3 is 49.6 Å². The molecular weight excluding hydrogens is 325 g/mol. The second kappa shape index (κ2) is 8.03. The molecule has 0 aliphatic carbocycles. The number of unbranched alkanes of at least 4 members (excludes halogenated alkanes) is 1. The van der Waals surface area contributed by atoms with Gasteiger partial charge in [-0.3, -0.25) is 0 Å². The summed E-state index contributed by atoms with van der Waals surface area (Å²) in [5.74, 6) is 0. The van der Waals surface area contributed by atoms with Crippen molar-refractivity contribution >= 4 is 40.8 Å². The van der Waals surface area contributed by atoms with Crippen molar-refractivity contribution in [3.8, 4) is 0 Å². The van der Waals surface area contributed by atoms with Crippen molar-refractivity contribution in [1.29, 1.82) is 0 Å². The molecule has 0 saturated carbocycles. The van der Waals surface area contributed by atoms with E-state index in [1.54, 1.807) is 0 Å². The van der Waals surface area contributed by atoms with E-state index in [0.717, 1.165) is 6.54 Å². The van der Waals surface area contributed by atoms with Gasteiger partial charge in [0.2, 0.25) is 6.33 Å². The summed E-state index contributed by atoms with van der Waals surface area (Å²) in [6.45, 7) is 3.36. The number of hydrogen-bond acceptors (Lipinski definition) is 0. The molecule has 0 bridgehead atoms. The van der Waals surface area contributed by atoms with Crippen LogP contribution in [0.2, 0.25) is 0 Å². The van der Waals surface area contributed by atoms with Gasteiger partial charge < -0.3 is 0 Å². The molecule has 1 rings (SSSR count). The summed E-state index contributed by atoms with van der Waals surface area (Å²) in [5.41, 5.74) is 0. The monoisotopic (exact) mass is 337 g/mol. The molecule has 1 heterocycles. The summed E-state index contributed by atoms with van der Waals surface area (Å²) in [5, 5.41) is 0. The molecular formula is C8H15Cl4N2Ni+. The third kappa shape index (κ3) is 12.8. The third-order valence-corrected chi connectivity index (χ3v) is 1.59. The predicted octanol–water partition coefficient (Wildman–Crippen LogP) is 3.87. The summed E-state index contributed by atoms with van der Waals surface area (Å²) in [4.78, 5) is 0. The average molecular weight is 340 g/mol. The van der Waals surface area contributed by atoms with Crippen LogP contribution in [0.3, 0.4) is 0 Å². The van der Waals surface area contributed by atoms with Crippen LogP contribution in [0.25, 0.3) is 0 Å². The van der Waals surface area contributed by atoms with Crippen LogP contribution in [0.5, 0.6) is 0 Å². The first-order chi connectivity index (χ1) is 6.83. The second-order valence-electron chi connectivity index (χ2n) is 2.94. The molecule has 94 valence electrons. The standard InChI is InChI=1S/C8H15N2.4ClH.Ni/c1-3-4-5-10-7-6-9(2)8-10;;;;;/h6-8H,3-5H2,1-2H3;4*1H;/q+1;;;;;+4/p-4. The molecule has 0 unspecified atom stereocenters. The number of nitrogens with zero attached hydrogens (tertiary/aromatic N) is 2. The van der Waals surface area contributed by atoms with Gasteiger partial charge in [-0.25, -0.2) is 9.13 Å². The topological polar surface area (TPSA) is 8.81 Å². The Bertz CT molecular complexity index is 266. The molecule has 0 aliphatic heterocycles. The summed E-state index contributed by atoms with van der Waals surface area (Å²) >= 11 is 0. The number of aromatic nitrogens is 2. The minimum absolute atomic E-state index is 1.15. The van der Waals surface area contributed by atoms with Crippen LogP contribution < -0.4 is 4.57 Å². The average Bonchev–Trinajstić information content (AvgIpc) is 2.45. The Morgan fingerprint density at radius 1 is 1.27 bits per heavy atom. The van der Waals surface area contributed by atoms with E-state index in [1.807, 2.05) is 7.05 Å². The van der Waals surface area contributed by atoms with E-state index in [1.165, 1.54) is 12.8 Å². The van der Waals surface area contributed by atoms with Gasteiger partial charge in [0.25, 0.3) is 0 Å². The number of aryl methyl sites for hydroxylation is 2. The van der Waals surface area contributed by atoms with E-state index < -0.39 is 8.82 Å². The molecule has 0 saturated heterocycles. The molecule has 1 aromatic rings. The molecule has 7 heteroatoms. The third-order valence-electron chi connectivity index (χ3n) is 1.59. The van der Waals surface area contributed by atoms with Crippen molar-refractivity contribution in [3.05, 3.63) is 18.7 Å². The molecule has 0 atom stereocenters. The van der Waals surface area contributed by atoms with Gasteiger partial charge in [-0.15, -0.1) is 0 Å². The number of imidazole rings is 1. The van der Waals surface area contributed by atoms with Crippen LogP contribution in [0, 0.1) is 0 Å². The van der Waals surface area contributed by atoms with Crippen molar-refractivity contribution in [2.24, 2.45) is 7.05 Å². The predicted molar refractivity (Wildman–Crippen MR) is 63.9 cm³/mol. The van der Waals surface area contributed by atoms with Crippen molar-refractivity contribution in [3.63, 3.8) is 0 Å². The Hall–Kier alpha value is 0.864. The maximum absolute atomic E-state index is 4.92. The van der Waals surface area contributed by atoms with Crippen molar-refractivity contribution in [2.45, 2.75) is 26.3 Å². The molecule has 0 radical (unpaired) electrons. The minimum atomic E-state index is -2.36. The van der Waals surface area contributed by atoms with Crippen LogP contribution in [0.1, 0.15) is 19.8 Å². The first kappa shape index (κ1) is 15.9. The van der Waals surface area contributed by atoms with Crippen molar-refractivity contribution in [1.82, 2.24) is 4.57 Å². The van der Waals surface area contributed by atoms with Crippen LogP contribution in [-0.2, 0) is 22.4 Å². The molecule has 0 N–H and O–H groups in total. The first-order valence-corrected chi connectivity index (χ1v) is 9.75. The Labute approximate surface area is 110 Å².